The zero-order chi connectivity index (χ0) is 16.9. The zero-order valence-corrected chi connectivity index (χ0v) is 14.3. The summed E-state index contributed by atoms with van der Waals surface area (Å²) in [5.41, 5.74) is 0.648. The molecule has 4 nitrogen and oxygen atoms in total. The molecule has 1 aliphatic heterocycles. The number of carbonyl (C=O) groups is 1. The molecule has 0 saturated carbocycles. The van der Waals surface area contributed by atoms with Crippen LogP contribution in [-0.2, 0) is 0 Å². The number of thioether (sulfide) groups is 1. The summed E-state index contributed by atoms with van der Waals surface area (Å²) in [5.74, 6) is 0.245. The highest BCUT2D eigenvalue weighted by atomic mass is 32.2. The number of halogens is 1. The minimum absolute atomic E-state index is 0.00442. The molecular formula is C18H19FN2O2S. The van der Waals surface area contributed by atoms with Gasteiger partial charge in [-0.3, -0.25) is 4.79 Å². The van der Waals surface area contributed by atoms with Crippen LogP contribution in [0, 0.1) is 5.82 Å². The molecule has 1 saturated heterocycles. The Morgan fingerprint density at radius 2 is 2.08 bits per heavy atom. The predicted octanol–water partition coefficient (Wildman–Crippen LogP) is 3.63. The number of hydrogen-bond acceptors (Lipinski definition) is 4. The highest BCUT2D eigenvalue weighted by Crippen LogP contribution is 2.23. The molecule has 0 N–H and O–H groups in total. The molecule has 6 heteroatoms. The summed E-state index contributed by atoms with van der Waals surface area (Å²) >= 11 is 1.47. The Balaban J connectivity index is 1.59. The van der Waals surface area contributed by atoms with Gasteiger partial charge >= 0.3 is 0 Å². The van der Waals surface area contributed by atoms with E-state index in [1.165, 1.54) is 23.9 Å². The van der Waals surface area contributed by atoms with Crippen molar-refractivity contribution in [2.75, 3.05) is 19.3 Å². The molecule has 0 radical (unpaired) electrons. The van der Waals surface area contributed by atoms with Gasteiger partial charge in [0.15, 0.2) is 0 Å². The lowest BCUT2D eigenvalue weighted by molar-refractivity contribution is 0.0591. The molecule has 126 valence electrons. The predicted molar refractivity (Wildman–Crippen MR) is 92.0 cm³/mol. The standard InChI is InChI=1S/C18H19FN2O2S/c1-24-17-16(6-3-9-20-17)18(22)21-10-7-14(8-11-21)23-15-5-2-4-13(19)12-15/h2-6,9,12,14H,7-8,10-11H2,1H3. The van der Waals surface area contributed by atoms with Crippen molar-refractivity contribution >= 4 is 17.7 Å². The first-order valence-corrected chi connectivity index (χ1v) is 9.10. The molecule has 0 bridgehead atoms. The molecule has 1 aromatic heterocycles. The highest BCUT2D eigenvalue weighted by molar-refractivity contribution is 7.98. The van der Waals surface area contributed by atoms with E-state index in [2.05, 4.69) is 4.98 Å². The molecule has 0 spiro atoms. The van der Waals surface area contributed by atoms with E-state index in [9.17, 15) is 9.18 Å². The average Bonchev–Trinajstić information content (AvgIpc) is 2.62. The smallest absolute Gasteiger partial charge is 0.256 e. The number of rotatable bonds is 4. The van der Waals surface area contributed by atoms with Crippen LogP contribution in [-0.4, -0.2) is 41.2 Å². The van der Waals surface area contributed by atoms with Crippen LogP contribution >= 0.6 is 11.8 Å². The summed E-state index contributed by atoms with van der Waals surface area (Å²) in [4.78, 5) is 18.8. The van der Waals surface area contributed by atoms with Gasteiger partial charge in [-0.1, -0.05) is 6.07 Å². The number of pyridine rings is 1. The fraction of sp³-hybridized carbons (Fsp3) is 0.333. The normalized spacial score (nSPS) is 15.3. The minimum Gasteiger partial charge on any atom is -0.490 e. The third-order valence-electron chi connectivity index (χ3n) is 4.02. The van der Waals surface area contributed by atoms with Crippen molar-refractivity contribution in [1.82, 2.24) is 9.88 Å². The van der Waals surface area contributed by atoms with Gasteiger partial charge in [-0.05, 0) is 30.5 Å². The third-order valence-corrected chi connectivity index (χ3v) is 4.73. The summed E-state index contributed by atoms with van der Waals surface area (Å²) in [6.45, 7) is 1.25. The number of nitrogens with zero attached hydrogens (tertiary/aromatic N) is 2. The van der Waals surface area contributed by atoms with Crippen LogP contribution in [0.5, 0.6) is 5.75 Å². The molecule has 1 aliphatic rings. The van der Waals surface area contributed by atoms with Gasteiger partial charge < -0.3 is 9.64 Å². The SMILES string of the molecule is CSc1ncccc1C(=O)N1CCC(Oc2cccc(F)c2)CC1. The fourth-order valence-corrected chi connectivity index (χ4v) is 3.34. The van der Waals surface area contributed by atoms with Crippen molar-refractivity contribution in [2.24, 2.45) is 0 Å². The Labute approximate surface area is 145 Å². The van der Waals surface area contributed by atoms with Gasteiger partial charge in [0.05, 0.1) is 5.56 Å². The molecule has 1 fully saturated rings. The number of hydrogen-bond donors (Lipinski definition) is 0. The number of piperidine rings is 1. The maximum atomic E-state index is 13.2. The van der Waals surface area contributed by atoms with E-state index < -0.39 is 0 Å². The Hall–Kier alpha value is -2.08. The van der Waals surface area contributed by atoms with E-state index in [1.807, 2.05) is 17.2 Å². The number of benzene rings is 1. The summed E-state index contributed by atoms with van der Waals surface area (Å²) in [7, 11) is 0. The molecule has 24 heavy (non-hydrogen) atoms. The third kappa shape index (κ3) is 3.87. The van der Waals surface area contributed by atoms with Gasteiger partial charge in [-0.2, -0.15) is 0 Å². The molecule has 2 heterocycles. The van der Waals surface area contributed by atoms with Gasteiger partial charge in [0.1, 0.15) is 22.7 Å². The highest BCUT2D eigenvalue weighted by Gasteiger charge is 2.26. The first-order chi connectivity index (χ1) is 11.7. The molecule has 1 aromatic carbocycles. The van der Waals surface area contributed by atoms with Crippen molar-refractivity contribution in [1.29, 1.82) is 0 Å². The average molecular weight is 346 g/mol. The Bertz CT molecular complexity index is 718. The lowest BCUT2D eigenvalue weighted by Gasteiger charge is -2.32. The minimum atomic E-state index is -0.304. The molecule has 2 aromatic rings. The molecule has 0 unspecified atom stereocenters. The van der Waals surface area contributed by atoms with E-state index in [0.717, 1.165) is 17.9 Å². The van der Waals surface area contributed by atoms with Gasteiger partial charge in [-0.25, -0.2) is 9.37 Å². The van der Waals surface area contributed by atoms with Crippen molar-refractivity contribution in [3.05, 3.63) is 54.0 Å². The topological polar surface area (TPSA) is 42.4 Å². The summed E-state index contributed by atoms with van der Waals surface area (Å²) in [6, 6.07) is 9.77. The second-order valence-corrected chi connectivity index (χ2v) is 6.42. The van der Waals surface area contributed by atoms with Gasteiger partial charge in [-0.15, -0.1) is 11.8 Å². The largest absolute Gasteiger partial charge is 0.490 e. The molecule has 1 amide bonds. The number of amides is 1. The Morgan fingerprint density at radius 3 is 2.79 bits per heavy atom. The van der Waals surface area contributed by atoms with Gasteiger partial charge in [0.25, 0.3) is 5.91 Å². The summed E-state index contributed by atoms with van der Waals surface area (Å²) < 4.78 is 19.0. The number of aromatic nitrogens is 1. The van der Waals surface area contributed by atoms with Gasteiger partial charge in [0.2, 0.25) is 0 Å². The van der Waals surface area contributed by atoms with E-state index >= 15 is 0 Å². The van der Waals surface area contributed by atoms with Crippen molar-refractivity contribution in [3.63, 3.8) is 0 Å². The lowest BCUT2D eigenvalue weighted by atomic mass is 10.1. The molecule has 0 atom stereocenters. The van der Waals surface area contributed by atoms with Crippen LogP contribution in [0.1, 0.15) is 23.2 Å². The second kappa shape index (κ2) is 7.66. The van der Waals surface area contributed by atoms with Crippen LogP contribution < -0.4 is 4.74 Å². The number of likely N-dealkylation sites (tertiary alicyclic amines) is 1. The zero-order valence-electron chi connectivity index (χ0n) is 13.4. The van der Waals surface area contributed by atoms with E-state index in [1.54, 1.807) is 24.4 Å². The Morgan fingerprint density at radius 1 is 1.29 bits per heavy atom. The summed E-state index contributed by atoms with van der Waals surface area (Å²) in [6.07, 6.45) is 5.08. The van der Waals surface area contributed by atoms with Crippen LogP contribution in [0.2, 0.25) is 0 Å². The van der Waals surface area contributed by atoms with E-state index in [4.69, 9.17) is 4.74 Å². The molecule has 0 aliphatic carbocycles. The van der Waals surface area contributed by atoms with E-state index in [-0.39, 0.29) is 17.8 Å². The maximum Gasteiger partial charge on any atom is 0.256 e. The van der Waals surface area contributed by atoms with Crippen molar-refractivity contribution in [2.45, 2.75) is 24.0 Å². The van der Waals surface area contributed by atoms with Crippen LogP contribution in [0.25, 0.3) is 0 Å². The van der Waals surface area contributed by atoms with Crippen LogP contribution in [0.15, 0.2) is 47.6 Å². The second-order valence-electron chi connectivity index (χ2n) is 5.63. The fourth-order valence-electron chi connectivity index (χ4n) is 2.80. The van der Waals surface area contributed by atoms with Crippen molar-refractivity contribution in [3.8, 4) is 5.75 Å². The lowest BCUT2D eigenvalue weighted by Crippen LogP contribution is -2.42. The summed E-state index contributed by atoms with van der Waals surface area (Å²) in [5, 5.41) is 0.751. The molecule has 3 rings (SSSR count). The monoisotopic (exact) mass is 346 g/mol. The van der Waals surface area contributed by atoms with Crippen LogP contribution in [0.3, 0.4) is 0 Å². The molecular weight excluding hydrogens is 327 g/mol. The van der Waals surface area contributed by atoms with Crippen molar-refractivity contribution < 1.29 is 13.9 Å². The number of carbonyl (C=O) groups excluding carboxylic acids is 1. The first kappa shape index (κ1) is 16.8. The quantitative estimate of drug-likeness (QED) is 0.793. The number of ether oxygens (including phenoxy) is 1. The maximum absolute atomic E-state index is 13.2. The van der Waals surface area contributed by atoms with Crippen LogP contribution in [0.4, 0.5) is 4.39 Å². The van der Waals surface area contributed by atoms with E-state index in [0.29, 0.717) is 24.4 Å². The Kier molecular flexibility index (Phi) is 5.35. The van der Waals surface area contributed by atoms with Gasteiger partial charge in [0, 0.05) is 38.2 Å². The first-order valence-electron chi connectivity index (χ1n) is 7.88.